The highest BCUT2D eigenvalue weighted by molar-refractivity contribution is 6.74. The molecule has 4 atom stereocenters. The van der Waals surface area contributed by atoms with Gasteiger partial charge in [0.05, 0.1) is 11.5 Å². The van der Waals surface area contributed by atoms with Crippen LogP contribution in [0.5, 0.6) is 0 Å². The second-order valence-corrected chi connectivity index (χ2v) is 16.0. The van der Waals surface area contributed by atoms with Crippen molar-refractivity contribution in [2.75, 3.05) is 6.61 Å². The van der Waals surface area contributed by atoms with Crippen LogP contribution >= 0.6 is 0 Å². The molecule has 0 aliphatic heterocycles. The standard InChI is InChI=1S/C27H36FNO2Si/c1-26(2,3)32(4,5)31-19-27-16-22(27)24(23(28)25(27)30)29(17-20-12-8-6-9-13-20)18-21-14-10-7-11-15-21/h6-15,22-24H,16-19H2,1-5H3/t22-,23-,24-,27+/m1/s1. The van der Waals surface area contributed by atoms with Crippen LogP contribution in [-0.2, 0) is 22.3 Å². The summed E-state index contributed by atoms with van der Waals surface area (Å²) in [7, 11) is -2.00. The Balaban J connectivity index is 1.56. The van der Waals surface area contributed by atoms with E-state index in [4.69, 9.17) is 4.43 Å². The topological polar surface area (TPSA) is 29.5 Å². The molecule has 172 valence electrons. The number of nitrogens with zero attached hydrogens (tertiary/aromatic N) is 1. The zero-order chi connectivity index (χ0) is 23.1. The van der Waals surface area contributed by atoms with E-state index in [1.807, 2.05) is 36.4 Å². The van der Waals surface area contributed by atoms with Gasteiger partial charge in [0.2, 0.25) is 0 Å². The largest absolute Gasteiger partial charge is 0.416 e. The van der Waals surface area contributed by atoms with E-state index in [2.05, 4.69) is 63.0 Å². The number of Topliss-reactive ketones (excluding diaryl/α,β-unsaturated/α-hetero) is 1. The zero-order valence-corrected chi connectivity index (χ0v) is 21.0. The maximum atomic E-state index is 15.6. The van der Waals surface area contributed by atoms with E-state index in [1.165, 1.54) is 0 Å². The SMILES string of the molecule is CC(C)(C)[Si](C)(C)OC[C@@]12C[C@@H]1[C@@H](N(Cc1ccccc1)Cc1ccccc1)[C@@H](F)C2=O. The lowest BCUT2D eigenvalue weighted by molar-refractivity contribution is -0.129. The Morgan fingerprint density at radius 2 is 1.50 bits per heavy atom. The van der Waals surface area contributed by atoms with Crippen LogP contribution in [-0.4, -0.2) is 37.8 Å². The van der Waals surface area contributed by atoms with Crippen LogP contribution in [0.4, 0.5) is 4.39 Å². The fourth-order valence-electron chi connectivity index (χ4n) is 4.80. The predicted octanol–water partition coefficient (Wildman–Crippen LogP) is 6.01. The highest BCUT2D eigenvalue weighted by atomic mass is 28.4. The summed E-state index contributed by atoms with van der Waals surface area (Å²) in [4.78, 5) is 15.4. The number of fused-ring (bicyclic) bond motifs is 1. The summed E-state index contributed by atoms with van der Waals surface area (Å²) in [6.45, 7) is 12.6. The van der Waals surface area contributed by atoms with Crippen molar-refractivity contribution in [1.82, 2.24) is 4.90 Å². The van der Waals surface area contributed by atoms with Gasteiger partial charge >= 0.3 is 0 Å². The first-order valence-corrected chi connectivity index (χ1v) is 14.6. The van der Waals surface area contributed by atoms with Crippen molar-refractivity contribution in [1.29, 1.82) is 0 Å². The van der Waals surface area contributed by atoms with Gasteiger partial charge in [-0.25, -0.2) is 4.39 Å². The molecule has 0 heterocycles. The predicted molar refractivity (Wildman–Crippen MR) is 130 cm³/mol. The van der Waals surface area contributed by atoms with E-state index in [0.29, 0.717) is 19.7 Å². The van der Waals surface area contributed by atoms with Gasteiger partial charge in [0.25, 0.3) is 0 Å². The zero-order valence-electron chi connectivity index (χ0n) is 20.0. The number of carbonyl (C=O) groups excluding carboxylic acids is 1. The first-order valence-electron chi connectivity index (χ1n) is 11.7. The quantitative estimate of drug-likeness (QED) is 0.459. The van der Waals surface area contributed by atoms with E-state index in [1.54, 1.807) is 0 Å². The molecule has 5 heteroatoms. The summed E-state index contributed by atoms with van der Waals surface area (Å²) in [5, 5.41) is 0.0663. The summed E-state index contributed by atoms with van der Waals surface area (Å²) in [6.07, 6.45) is -0.713. The molecule has 4 rings (SSSR count). The number of hydrogen-bond donors (Lipinski definition) is 0. The van der Waals surface area contributed by atoms with Crippen molar-refractivity contribution >= 4 is 14.1 Å². The average Bonchev–Trinajstić information content (AvgIpc) is 3.42. The molecular weight excluding hydrogens is 417 g/mol. The lowest BCUT2D eigenvalue weighted by Gasteiger charge is -2.37. The Morgan fingerprint density at radius 1 is 1.00 bits per heavy atom. The molecule has 0 spiro atoms. The van der Waals surface area contributed by atoms with Gasteiger partial charge in [0, 0.05) is 19.7 Å². The van der Waals surface area contributed by atoms with E-state index in [-0.39, 0.29) is 16.7 Å². The molecule has 2 saturated carbocycles. The third kappa shape index (κ3) is 4.35. The number of rotatable bonds is 8. The summed E-state index contributed by atoms with van der Waals surface area (Å²) < 4.78 is 22.0. The van der Waals surface area contributed by atoms with E-state index < -0.39 is 25.9 Å². The Kier molecular flexibility index (Phi) is 6.21. The maximum Gasteiger partial charge on any atom is 0.192 e. The average molecular weight is 454 g/mol. The minimum atomic E-state index is -2.00. The van der Waals surface area contributed by atoms with Crippen molar-refractivity contribution < 1.29 is 13.6 Å². The summed E-state index contributed by atoms with van der Waals surface area (Å²) in [6, 6.07) is 19.9. The molecule has 0 unspecified atom stereocenters. The third-order valence-corrected chi connectivity index (χ3v) is 12.4. The van der Waals surface area contributed by atoms with Crippen LogP contribution in [0.1, 0.15) is 38.3 Å². The first-order chi connectivity index (χ1) is 15.1. The van der Waals surface area contributed by atoms with Crippen LogP contribution in [0.3, 0.4) is 0 Å². The Bertz CT molecular complexity index is 902. The van der Waals surface area contributed by atoms with Gasteiger partial charge in [0.15, 0.2) is 20.3 Å². The van der Waals surface area contributed by atoms with Gasteiger partial charge in [0.1, 0.15) is 0 Å². The lowest BCUT2D eigenvalue weighted by atomic mass is 10.0. The molecule has 2 aliphatic carbocycles. The minimum absolute atomic E-state index is 0.0298. The van der Waals surface area contributed by atoms with Crippen LogP contribution < -0.4 is 0 Å². The molecule has 2 aliphatic rings. The second-order valence-electron chi connectivity index (χ2n) is 11.1. The van der Waals surface area contributed by atoms with E-state index >= 15 is 4.39 Å². The molecule has 2 aromatic rings. The molecule has 0 radical (unpaired) electrons. The highest BCUT2D eigenvalue weighted by Crippen LogP contribution is 2.64. The van der Waals surface area contributed by atoms with Crippen LogP contribution in [0.25, 0.3) is 0 Å². The molecule has 0 bridgehead atoms. The minimum Gasteiger partial charge on any atom is -0.416 e. The second kappa shape index (κ2) is 8.51. The van der Waals surface area contributed by atoms with Crippen LogP contribution in [0.15, 0.2) is 60.7 Å². The van der Waals surface area contributed by atoms with Crippen LogP contribution in [0, 0.1) is 11.3 Å². The molecular formula is C27H36FNO2Si. The van der Waals surface area contributed by atoms with Gasteiger partial charge < -0.3 is 4.43 Å². The third-order valence-electron chi connectivity index (χ3n) is 7.96. The van der Waals surface area contributed by atoms with Crippen molar-refractivity contribution in [2.24, 2.45) is 11.3 Å². The Morgan fingerprint density at radius 3 is 1.97 bits per heavy atom. The van der Waals surface area contributed by atoms with Crippen molar-refractivity contribution in [2.45, 2.75) is 70.6 Å². The maximum absolute atomic E-state index is 15.6. The highest BCUT2D eigenvalue weighted by Gasteiger charge is 2.73. The summed E-state index contributed by atoms with van der Waals surface area (Å²) in [5.41, 5.74) is 1.64. The number of hydrogen-bond acceptors (Lipinski definition) is 3. The lowest BCUT2D eigenvalue weighted by Crippen LogP contribution is -2.43. The number of carbonyl (C=O) groups is 1. The molecule has 32 heavy (non-hydrogen) atoms. The van der Waals surface area contributed by atoms with Crippen molar-refractivity contribution in [3.8, 4) is 0 Å². The number of benzene rings is 2. The van der Waals surface area contributed by atoms with E-state index in [0.717, 1.165) is 17.5 Å². The Labute approximate surface area is 193 Å². The molecule has 0 amide bonds. The summed E-state index contributed by atoms with van der Waals surface area (Å²) >= 11 is 0. The van der Waals surface area contributed by atoms with Crippen molar-refractivity contribution in [3.05, 3.63) is 71.8 Å². The number of halogens is 1. The van der Waals surface area contributed by atoms with Crippen molar-refractivity contribution in [3.63, 3.8) is 0 Å². The van der Waals surface area contributed by atoms with Gasteiger partial charge in [-0.2, -0.15) is 0 Å². The number of alkyl halides is 1. The van der Waals surface area contributed by atoms with Crippen LogP contribution in [0.2, 0.25) is 18.1 Å². The van der Waals surface area contributed by atoms with Gasteiger partial charge in [-0.3, -0.25) is 9.69 Å². The monoisotopic (exact) mass is 453 g/mol. The molecule has 3 nitrogen and oxygen atoms in total. The normalized spacial score (nSPS) is 27.6. The number of ketones is 1. The summed E-state index contributed by atoms with van der Waals surface area (Å²) in [5.74, 6) is -0.209. The van der Waals surface area contributed by atoms with Gasteiger partial charge in [-0.15, -0.1) is 0 Å². The Hall–Kier alpha value is -1.82. The molecule has 2 fully saturated rings. The molecule has 2 aromatic carbocycles. The molecule has 0 aromatic heterocycles. The fourth-order valence-corrected chi connectivity index (χ4v) is 5.85. The first kappa shape index (κ1) is 23.3. The smallest absolute Gasteiger partial charge is 0.192 e. The van der Waals surface area contributed by atoms with Gasteiger partial charge in [-0.1, -0.05) is 81.4 Å². The fraction of sp³-hybridized carbons (Fsp3) is 0.519. The van der Waals surface area contributed by atoms with Gasteiger partial charge in [-0.05, 0) is 41.6 Å². The molecule has 0 N–H and O–H groups in total. The van der Waals surface area contributed by atoms with E-state index in [9.17, 15) is 4.79 Å². The molecule has 0 saturated heterocycles.